The van der Waals surface area contributed by atoms with Crippen molar-refractivity contribution in [1.29, 1.82) is 5.26 Å². The topological polar surface area (TPSA) is 33.6 Å². The standard InChI is InChI=1S/C55H37F6N3/c1-31-13-18-38(33(3)25-31)35-15-22-50-44(27-35)40-9-5-7-11-48(40)63(50)52-24-20-42(43-29-37(54(56,57)58)17-21-47(43)55(59,60)61)53(46(52)30-62)64-49-12-8-6-10-41(49)45-28-36(16-23-51(45)64)39-19-14-32(2)26-34(39)4/h5-29H,1-4H3. The van der Waals surface area contributed by atoms with E-state index in [1.165, 1.54) is 6.07 Å². The molecule has 0 aliphatic carbocycles. The molecule has 0 amide bonds. The van der Waals surface area contributed by atoms with Crippen molar-refractivity contribution in [2.24, 2.45) is 0 Å². The van der Waals surface area contributed by atoms with Gasteiger partial charge in [0.25, 0.3) is 0 Å². The van der Waals surface area contributed by atoms with E-state index in [2.05, 4.69) is 43.3 Å². The van der Waals surface area contributed by atoms with Crippen molar-refractivity contribution in [1.82, 2.24) is 9.13 Å². The van der Waals surface area contributed by atoms with Gasteiger partial charge in [-0.15, -0.1) is 0 Å². The Balaban J connectivity index is 1.33. The Morgan fingerprint density at radius 2 is 0.938 bits per heavy atom. The molecule has 8 aromatic carbocycles. The Bertz CT molecular complexity index is 3600. The Morgan fingerprint density at radius 1 is 0.438 bits per heavy atom. The van der Waals surface area contributed by atoms with Gasteiger partial charge in [-0.3, -0.25) is 0 Å². The van der Waals surface area contributed by atoms with Gasteiger partial charge >= 0.3 is 12.4 Å². The molecule has 0 radical (unpaired) electrons. The van der Waals surface area contributed by atoms with Gasteiger partial charge < -0.3 is 9.13 Å². The summed E-state index contributed by atoms with van der Waals surface area (Å²) in [5, 5.41) is 14.8. The largest absolute Gasteiger partial charge is 0.417 e. The van der Waals surface area contributed by atoms with Crippen molar-refractivity contribution >= 4 is 43.6 Å². The zero-order valence-electron chi connectivity index (χ0n) is 35.0. The van der Waals surface area contributed by atoms with Crippen LogP contribution in [0.4, 0.5) is 26.3 Å². The maximum Gasteiger partial charge on any atom is 0.417 e. The number of nitriles is 1. The van der Waals surface area contributed by atoms with Gasteiger partial charge in [-0.1, -0.05) is 102 Å². The lowest BCUT2D eigenvalue weighted by molar-refractivity contribution is -0.141. The molecule has 0 aliphatic heterocycles. The minimum Gasteiger partial charge on any atom is -0.308 e. The molecule has 0 N–H and O–H groups in total. The average molecular weight is 854 g/mol. The second-order valence-electron chi connectivity index (χ2n) is 16.5. The molecule has 2 aromatic heterocycles. The van der Waals surface area contributed by atoms with Gasteiger partial charge in [0.15, 0.2) is 0 Å². The van der Waals surface area contributed by atoms with Gasteiger partial charge in [0.1, 0.15) is 11.6 Å². The smallest absolute Gasteiger partial charge is 0.308 e. The highest BCUT2D eigenvalue weighted by Crippen LogP contribution is 2.47. The predicted molar refractivity (Wildman–Crippen MR) is 245 cm³/mol. The fourth-order valence-electron chi connectivity index (χ4n) is 9.57. The van der Waals surface area contributed by atoms with Gasteiger partial charge in [-0.2, -0.15) is 31.6 Å². The number of halogens is 6. The lowest BCUT2D eigenvalue weighted by Gasteiger charge is -2.22. The Kier molecular flexibility index (Phi) is 9.35. The minimum absolute atomic E-state index is 0.0214. The van der Waals surface area contributed by atoms with Gasteiger partial charge in [0, 0.05) is 27.1 Å². The van der Waals surface area contributed by atoms with E-state index in [9.17, 15) is 18.4 Å². The van der Waals surface area contributed by atoms with E-state index in [0.717, 1.165) is 77.1 Å². The van der Waals surface area contributed by atoms with E-state index in [1.54, 1.807) is 16.7 Å². The highest BCUT2D eigenvalue weighted by molar-refractivity contribution is 6.13. The molecule has 0 spiro atoms. The number of alkyl halides is 6. The monoisotopic (exact) mass is 853 g/mol. The van der Waals surface area contributed by atoms with Crippen LogP contribution < -0.4 is 0 Å². The van der Waals surface area contributed by atoms with Crippen LogP contribution in [-0.2, 0) is 12.4 Å². The molecule has 64 heavy (non-hydrogen) atoms. The van der Waals surface area contributed by atoms with Gasteiger partial charge in [-0.05, 0) is 127 Å². The quantitative estimate of drug-likeness (QED) is 0.159. The normalized spacial score (nSPS) is 12.2. The summed E-state index contributed by atoms with van der Waals surface area (Å²) < 4.78 is 92.3. The van der Waals surface area contributed by atoms with Crippen molar-refractivity contribution in [2.45, 2.75) is 40.0 Å². The number of para-hydroxylation sites is 2. The summed E-state index contributed by atoms with van der Waals surface area (Å²) in [5.74, 6) is 0. The van der Waals surface area contributed by atoms with Crippen LogP contribution in [0.2, 0.25) is 0 Å². The molecule has 314 valence electrons. The van der Waals surface area contributed by atoms with Crippen LogP contribution in [0, 0.1) is 39.0 Å². The molecule has 10 aromatic rings. The molecular weight excluding hydrogens is 817 g/mol. The molecule has 0 atom stereocenters. The third-order valence-electron chi connectivity index (χ3n) is 12.4. The molecule has 0 fully saturated rings. The second kappa shape index (κ2) is 14.8. The first-order valence-corrected chi connectivity index (χ1v) is 20.7. The summed E-state index contributed by atoms with van der Waals surface area (Å²) in [6.07, 6.45) is -9.99. The number of nitrogens with zero attached hydrogens (tertiary/aromatic N) is 3. The number of fused-ring (bicyclic) bond motifs is 6. The molecule has 0 saturated carbocycles. The Labute approximate surface area is 364 Å². The van der Waals surface area contributed by atoms with Crippen LogP contribution in [0.1, 0.15) is 38.9 Å². The molecule has 2 heterocycles. The lowest BCUT2D eigenvalue weighted by Crippen LogP contribution is -2.13. The number of aromatic nitrogens is 2. The van der Waals surface area contributed by atoms with E-state index in [-0.39, 0.29) is 16.8 Å². The van der Waals surface area contributed by atoms with Crippen LogP contribution in [0.5, 0.6) is 0 Å². The van der Waals surface area contributed by atoms with Crippen LogP contribution in [0.15, 0.2) is 152 Å². The van der Waals surface area contributed by atoms with Crippen molar-refractivity contribution in [3.63, 3.8) is 0 Å². The van der Waals surface area contributed by atoms with Gasteiger partial charge in [-0.25, -0.2) is 0 Å². The van der Waals surface area contributed by atoms with Crippen molar-refractivity contribution in [2.75, 3.05) is 0 Å². The summed E-state index contributed by atoms with van der Waals surface area (Å²) in [6, 6.07) is 46.2. The van der Waals surface area contributed by atoms with E-state index in [0.29, 0.717) is 34.9 Å². The minimum atomic E-state index is -5.04. The fraction of sp³-hybridized carbons (Fsp3) is 0.109. The Hall–Kier alpha value is -7.57. The molecule has 10 rings (SSSR count). The highest BCUT2D eigenvalue weighted by atomic mass is 19.4. The number of hydrogen-bond acceptors (Lipinski definition) is 1. The summed E-state index contributed by atoms with van der Waals surface area (Å²) in [4.78, 5) is 0. The predicted octanol–water partition coefficient (Wildman–Crippen LogP) is 16.0. The number of aryl methyl sites for hydroxylation is 4. The first kappa shape index (κ1) is 40.5. The summed E-state index contributed by atoms with van der Waals surface area (Å²) >= 11 is 0. The molecule has 0 bridgehead atoms. The van der Waals surface area contributed by atoms with Crippen LogP contribution in [0.25, 0.3) is 88.4 Å². The van der Waals surface area contributed by atoms with Gasteiger partial charge in [0.05, 0.1) is 44.6 Å². The number of rotatable bonds is 5. The molecule has 0 unspecified atom stereocenters. The highest BCUT2D eigenvalue weighted by Gasteiger charge is 2.38. The number of hydrogen-bond donors (Lipinski definition) is 0. The number of benzene rings is 8. The SMILES string of the molecule is Cc1ccc(-c2ccc3c(c2)c2ccccc2n3-c2ccc(-c3cc(C(F)(F)F)ccc3C(F)(F)F)c(-n3c4ccccc4c4cc(-c5ccc(C)cc5C)ccc43)c2C#N)c(C)c1. The molecule has 0 saturated heterocycles. The van der Waals surface area contributed by atoms with Crippen molar-refractivity contribution in [3.05, 3.63) is 191 Å². The summed E-state index contributed by atoms with van der Waals surface area (Å²) in [7, 11) is 0. The lowest BCUT2D eigenvalue weighted by atomic mass is 9.92. The van der Waals surface area contributed by atoms with E-state index in [4.69, 9.17) is 0 Å². The third-order valence-corrected chi connectivity index (χ3v) is 12.4. The van der Waals surface area contributed by atoms with Crippen LogP contribution in [0.3, 0.4) is 0 Å². The van der Waals surface area contributed by atoms with Crippen LogP contribution in [-0.4, -0.2) is 9.13 Å². The third kappa shape index (κ3) is 6.52. The zero-order chi connectivity index (χ0) is 44.8. The molecule has 3 nitrogen and oxygen atoms in total. The maximum absolute atomic E-state index is 15.1. The maximum atomic E-state index is 15.1. The van der Waals surface area contributed by atoms with Crippen molar-refractivity contribution < 1.29 is 26.3 Å². The van der Waals surface area contributed by atoms with E-state index < -0.39 is 29.0 Å². The van der Waals surface area contributed by atoms with E-state index >= 15 is 13.2 Å². The second-order valence-corrected chi connectivity index (χ2v) is 16.5. The van der Waals surface area contributed by atoms with Crippen molar-refractivity contribution in [3.8, 4) is 50.8 Å². The zero-order valence-corrected chi connectivity index (χ0v) is 35.0. The summed E-state index contributed by atoms with van der Waals surface area (Å²) in [6.45, 7) is 8.15. The molecular formula is C55H37F6N3. The molecule has 9 heteroatoms. The van der Waals surface area contributed by atoms with Crippen LogP contribution >= 0.6 is 0 Å². The van der Waals surface area contributed by atoms with E-state index in [1.807, 2.05) is 110 Å². The average Bonchev–Trinajstić information content (AvgIpc) is 3.77. The first-order chi connectivity index (χ1) is 30.6. The fourth-order valence-corrected chi connectivity index (χ4v) is 9.57. The summed E-state index contributed by atoms with van der Waals surface area (Å²) in [5.41, 5.74) is 7.92. The molecule has 0 aliphatic rings. The Morgan fingerprint density at radius 3 is 1.45 bits per heavy atom. The first-order valence-electron chi connectivity index (χ1n) is 20.7. The van der Waals surface area contributed by atoms with Gasteiger partial charge in [0.2, 0.25) is 0 Å².